The topological polar surface area (TPSA) is 35.9 Å². The lowest BCUT2D eigenvalue weighted by Crippen LogP contribution is -2.40. The quantitative estimate of drug-likeness (QED) is 0.402. The van der Waals surface area contributed by atoms with Crippen LogP contribution < -0.4 is 4.90 Å². The Morgan fingerprint density at radius 3 is 2.59 bits per heavy atom. The van der Waals surface area contributed by atoms with Crippen molar-refractivity contribution in [1.82, 2.24) is 4.90 Å². The minimum absolute atomic E-state index is 0.0487. The predicted octanol–water partition coefficient (Wildman–Crippen LogP) is 7.69. The summed E-state index contributed by atoms with van der Waals surface area (Å²) in [6, 6.07) is 13.9. The number of para-hydroxylation sites is 1. The molecule has 1 amide bonds. The molecule has 0 radical (unpaired) electrons. The minimum atomic E-state index is 0.0487. The second-order valence-corrected chi connectivity index (χ2v) is 10.8. The summed E-state index contributed by atoms with van der Waals surface area (Å²) in [7, 11) is 0. The molecule has 32 heavy (non-hydrogen) atoms. The fourth-order valence-corrected chi connectivity index (χ4v) is 7.24. The van der Waals surface area contributed by atoms with Gasteiger partial charge in [-0.3, -0.25) is 9.69 Å². The van der Waals surface area contributed by atoms with E-state index in [0.29, 0.717) is 20.9 Å². The van der Waals surface area contributed by atoms with E-state index in [2.05, 4.69) is 24.0 Å². The van der Waals surface area contributed by atoms with Crippen LogP contribution in [0.2, 0.25) is 10.0 Å². The van der Waals surface area contributed by atoms with E-state index < -0.39 is 0 Å². The van der Waals surface area contributed by atoms with Crippen LogP contribution in [0.1, 0.15) is 39.0 Å². The number of amidine groups is 1. The number of thioether (sulfide) groups is 2. The van der Waals surface area contributed by atoms with Gasteiger partial charge >= 0.3 is 0 Å². The number of nitrogens with zero attached hydrogens (tertiary/aromatic N) is 3. The summed E-state index contributed by atoms with van der Waals surface area (Å²) in [5, 5.41) is 2.56. The van der Waals surface area contributed by atoms with Gasteiger partial charge in [0.25, 0.3) is 5.91 Å². The first-order valence-corrected chi connectivity index (χ1v) is 13.3. The highest BCUT2D eigenvalue weighted by atomic mass is 35.5. The predicted molar refractivity (Wildman–Crippen MR) is 137 cm³/mol. The lowest BCUT2D eigenvalue weighted by atomic mass is 9.94. The number of hydrogen-bond donors (Lipinski definition) is 0. The van der Waals surface area contributed by atoms with Crippen molar-refractivity contribution in [2.24, 2.45) is 4.99 Å². The Morgan fingerprint density at radius 1 is 1.03 bits per heavy atom. The lowest BCUT2D eigenvalue weighted by Gasteiger charge is -2.30. The maximum Gasteiger partial charge on any atom is 0.269 e. The van der Waals surface area contributed by atoms with Gasteiger partial charge in [0, 0.05) is 17.5 Å². The summed E-state index contributed by atoms with van der Waals surface area (Å²) < 4.78 is 0. The van der Waals surface area contributed by atoms with E-state index in [-0.39, 0.29) is 11.9 Å². The van der Waals surface area contributed by atoms with Gasteiger partial charge in [-0.25, -0.2) is 4.99 Å². The third-order valence-electron chi connectivity index (χ3n) is 6.02. The van der Waals surface area contributed by atoms with E-state index in [1.807, 2.05) is 29.2 Å². The molecule has 2 aromatic carbocycles. The molecule has 2 aliphatic heterocycles. The van der Waals surface area contributed by atoms with Gasteiger partial charge in [0.2, 0.25) is 0 Å². The molecular formula is C24H23Cl2N3OS2. The normalized spacial score (nSPS) is 22.8. The summed E-state index contributed by atoms with van der Waals surface area (Å²) >= 11 is 15.8. The standard InChI is InChI=1S/C24H23Cl2N3OS2/c1-2-28-18-13-6-7-14-19(18)31-23(28)21-22(30)29(15-9-4-3-5-10-15)24(32-21)27-17-12-8-11-16(25)20(17)26/h6-8,11-15H,2-5,9-10H2,1H3/b23-21-,27-24?. The van der Waals surface area contributed by atoms with Crippen molar-refractivity contribution in [2.75, 3.05) is 11.4 Å². The molecule has 0 bridgehead atoms. The molecule has 1 saturated heterocycles. The van der Waals surface area contributed by atoms with Crippen LogP contribution in [-0.2, 0) is 4.79 Å². The smallest absolute Gasteiger partial charge is 0.269 e. The van der Waals surface area contributed by atoms with Gasteiger partial charge in [0.05, 0.1) is 21.4 Å². The van der Waals surface area contributed by atoms with Gasteiger partial charge in [-0.15, -0.1) is 0 Å². The van der Waals surface area contributed by atoms with Crippen LogP contribution in [0, 0.1) is 0 Å². The largest absolute Gasteiger partial charge is 0.334 e. The van der Waals surface area contributed by atoms with Gasteiger partial charge in [0.1, 0.15) is 9.93 Å². The first-order valence-electron chi connectivity index (χ1n) is 10.9. The van der Waals surface area contributed by atoms with E-state index in [4.69, 9.17) is 28.2 Å². The molecule has 0 atom stereocenters. The number of aliphatic imine (C=N–C) groups is 1. The molecule has 3 aliphatic rings. The molecule has 1 aliphatic carbocycles. The van der Waals surface area contributed by atoms with E-state index >= 15 is 0 Å². The summed E-state index contributed by atoms with van der Waals surface area (Å²) in [6.45, 7) is 2.92. The Bertz CT molecular complexity index is 1130. The lowest BCUT2D eigenvalue weighted by molar-refractivity contribution is -0.124. The monoisotopic (exact) mass is 503 g/mol. The Morgan fingerprint density at radius 2 is 1.81 bits per heavy atom. The molecule has 0 spiro atoms. The summed E-state index contributed by atoms with van der Waals surface area (Å²) in [5.74, 6) is 0.0487. The number of anilines is 1. The van der Waals surface area contributed by atoms with Crippen molar-refractivity contribution in [3.05, 3.63) is 62.4 Å². The van der Waals surface area contributed by atoms with Crippen LogP contribution in [0.5, 0.6) is 0 Å². The summed E-state index contributed by atoms with van der Waals surface area (Å²) in [4.78, 5) is 24.8. The first kappa shape index (κ1) is 22.2. The highest BCUT2D eigenvalue weighted by Gasteiger charge is 2.42. The molecule has 5 rings (SSSR count). The van der Waals surface area contributed by atoms with E-state index in [1.165, 1.54) is 23.1 Å². The molecular weight excluding hydrogens is 481 g/mol. The van der Waals surface area contributed by atoms with Gasteiger partial charge in [-0.2, -0.15) is 0 Å². The number of carbonyl (C=O) groups excluding carboxylic acids is 1. The van der Waals surface area contributed by atoms with Crippen molar-refractivity contribution >= 4 is 69.2 Å². The molecule has 2 heterocycles. The average Bonchev–Trinajstić information content (AvgIpc) is 3.34. The third-order valence-corrected chi connectivity index (χ3v) is 9.18. The van der Waals surface area contributed by atoms with Gasteiger partial charge in [-0.05, 0) is 55.8 Å². The molecule has 2 fully saturated rings. The van der Waals surface area contributed by atoms with Crippen molar-refractivity contribution < 1.29 is 4.79 Å². The Labute approximate surface area is 207 Å². The summed E-state index contributed by atoms with van der Waals surface area (Å²) in [5.41, 5.74) is 1.75. The zero-order chi connectivity index (χ0) is 22.2. The zero-order valence-electron chi connectivity index (χ0n) is 17.7. The fraction of sp³-hybridized carbons (Fsp3) is 0.333. The SMILES string of the molecule is CCN1/C(=C2/SC(=Nc3cccc(Cl)c3Cl)N(C3CCCCC3)C2=O)Sc2ccccc21. The molecule has 0 unspecified atom stereocenters. The van der Waals surface area contributed by atoms with Crippen LogP contribution in [-0.4, -0.2) is 28.6 Å². The number of carbonyl (C=O) groups is 1. The van der Waals surface area contributed by atoms with Crippen LogP contribution in [0.15, 0.2) is 62.3 Å². The number of halogens is 2. The number of benzene rings is 2. The number of amides is 1. The molecule has 2 aromatic rings. The fourth-order valence-electron chi connectivity index (χ4n) is 4.45. The molecule has 166 valence electrons. The molecule has 0 N–H and O–H groups in total. The first-order chi connectivity index (χ1) is 15.6. The second-order valence-electron chi connectivity index (χ2n) is 7.98. The maximum absolute atomic E-state index is 13.8. The van der Waals surface area contributed by atoms with Crippen LogP contribution in [0.4, 0.5) is 11.4 Å². The zero-order valence-corrected chi connectivity index (χ0v) is 20.8. The summed E-state index contributed by atoms with van der Waals surface area (Å²) in [6.07, 6.45) is 5.50. The van der Waals surface area contributed by atoms with Gasteiger partial charge in [-0.1, -0.05) is 72.4 Å². The van der Waals surface area contributed by atoms with E-state index in [1.54, 1.807) is 17.8 Å². The highest BCUT2D eigenvalue weighted by molar-refractivity contribution is 8.19. The highest BCUT2D eigenvalue weighted by Crippen LogP contribution is 2.51. The van der Waals surface area contributed by atoms with Gasteiger partial charge < -0.3 is 4.90 Å². The van der Waals surface area contributed by atoms with Crippen molar-refractivity contribution in [3.8, 4) is 0 Å². The van der Waals surface area contributed by atoms with Crippen LogP contribution in [0.3, 0.4) is 0 Å². The maximum atomic E-state index is 13.8. The molecule has 0 aromatic heterocycles. The number of hydrogen-bond acceptors (Lipinski definition) is 5. The average molecular weight is 505 g/mol. The minimum Gasteiger partial charge on any atom is -0.334 e. The number of rotatable bonds is 3. The van der Waals surface area contributed by atoms with Crippen LogP contribution in [0.25, 0.3) is 0 Å². The number of fused-ring (bicyclic) bond motifs is 1. The third kappa shape index (κ3) is 3.96. The van der Waals surface area contributed by atoms with E-state index in [0.717, 1.165) is 47.8 Å². The second kappa shape index (κ2) is 9.34. The molecule has 1 saturated carbocycles. The Hall–Kier alpha value is -1.60. The molecule has 4 nitrogen and oxygen atoms in total. The van der Waals surface area contributed by atoms with Crippen molar-refractivity contribution in [1.29, 1.82) is 0 Å². The van der Waals surface area contributed by atoms with E-state index in [9.17, 15) is 4.79 Å². The van der Waals surface area contributed by atoms with Crippen molar-refractivity contribution in [3.63, 3.8) is 0 Å². The van der Waals surface area contributed by atoms with Crippen molar-refractivity contribution in [2.45, 2.75) is 50.0 Å². The Balaban J connectivity index is 1.59. The Kier molecular flexibility index (Phi) is 6.48. The molecule has 8 heteroatoms. The van der Waals surface area contributed by atoms with Crippen LogP contribution >= 0.6 is 46.7 Å². The van der Waals surface area contributed by atoms with Gasteiger partial charge in [0.15, 0.2) is 5.17 Å².